The Morgan fingerprint density at radius 2 is 2.00 bits per heavy atom. The summed E-state index contributed by atoms with van der Waals surface area (Å²) >= 11 is 5.78. The van der Waals surface area contributed by atoms with E-state index in [9.17, 15) is 9.00 Å². The lowest BCUT2D eigenvalue weighted by atomic mass is 10.1. The Bertz CT molecular complexity index is 456. The molecule has 0 fully saturated rings. The summed E-state index contributed by atoms with van der Waals surface area (Å²) in [7, 11) is -1.17. The Labute approximate surface area is 115 Å². The molecule has 1 atom stereocenters. The Kier molecular flexibility index (Phi) is 5.82. The van der Waals surface area contributed by atoms with E-state index in [0.717, 1.165) is 12.8 Å². The fourth-order valence-electron chi connectivity index (χ4n) is 1.64. The van der Waals surface area contributed by atoms with Crippen molar-refractivity contribution in [1.29, 1.82) is 0 Å². The molecule has 0 aromatic heterocycles. The third-order valence-corrected chi connectivity index (χ3v) is 4.86. The van der Waals surface area contributed by atoms with E-state index in [1.807, 2.05) is 0 Å². The zero-order chi connectivity index (χ0) is 13.7. The Balaban J connectivity index is 2.93. The quantitative estimate of drug-likeness (QED) is 0.870. The molecule has 1 aromatic carbocycles. The number of carboxylic acids is 1. The Morgan fingerprint density at radius 1 is 1.39 bits per heavy atom. The van der Waals surface area contributed by atoms with Crippen molar-refractivity contribution < 1.29 is 14.1 Å². The zero-order valence-electron chi connectivity index (χ0n) is 10.5. The van der Waals surface area contributed by atoms with Crippen LogP contribution in [-0.2, 0) is 10.8 Å². The van der Waals surface area contributed by atoms with Gasteiger partial charge in [0.1, 0.15) is 0 Å². The fourth-order valence-corrected chi connectivity index (χ4v) is 3.40. The molecule has 0 saturated heterocycles. The molecule has 1 unspecified atom stereocenters. The number of halogens is 1. The van der Waals surface area contributed by atoms with Crippen LogP contribution in [0.4, 0.5) is 0 Å². The fraction of sp³-hybridized carbons (Fsp3) is 0.462. The van der Waals surface area contributed by atoms with Gasteiger partial charge in [-0.3, -0.25) is 4.21 Å². The SMILES string of the molecule is CCC(CC)CS(=O)c1ccc(Cl)c(C(=O)O)c1. The van der Waals surface area contributed by atoms with Gasteiger partial charge >= 0.3 is 5.97 Å². The van der Waals surface area contributed by atoms with Crippen molar-refractivity contribution in [1.82, 2.24) is 0 Å². The van der Waals surface area contributed by atoms with Gasteiger partial charge < -0.3 is 5.11 Å². The van der Waals surface area contributed by atoms with E-state index in [4.69, 9.17) is 16.7 Å². The lowest BCUT2D eigenvalue weighted by molar-refractivity contribution is 0.0697. The second kappa shape index (κ2) is 6.90. The van der Waals surface area contributed by atoms with E-state index in [2.05, 4.69) is 13.8 Å². The highest BCUT2D eigenvalue weighted by molar-refractivity contribution is 7.85. The van der Waals surface area contributed by atoms with Crippen LogP contribution >= 0.6 is 11.6 Å². The summed E-state index contributed by atoms with van der Waals surface area (Å²) in [6.45, 7) is 4.13. The van der Waals surface area contributed by atoms with Crippen LogP contribution in [0.3, 0.4) is 0 Å². The van der Waals surface area contributed by atoms with Crippen LogP contribution < -0.4 is 0 Å². The first-order chi connectivity index (χ1) is 8.49. The largest absolute Gasteiger partial charge is 0.478 e. The van der Waals surface area contributed by atoms with Gasteiger partial charge in [-0.05, 0) is 24.1 Å². The van der Waals surface area contributed by atoms with Crippen LogP contribution in [0.2, 0.25) is 5.02 Å². The number of carboxylic acid groups (broad SMARTS) is 1. The Hall–Kier alpha value is -0.870. The molecule has 100 valence electrons. The summed E-state index contributed by atoms with van der Waals surface area (Å²) in [5, 5.41) is 9.13. The number of hydrogen-bond donors (Lipinski definition) is 1. The van der Waals surface area contributed by atoms with Gasteiger partial charge in [0, 0.05) is 10.6 Å². The summed E-state index contributed by atoms with van der Waals surface area (Å²) in [6.07, 6.45) is 1.95. The lowest BCUT2D eigenvalue weighted by Gasteiger charge is -2.12. The molecule has 3 nitrogen and oxygen atoms in total. The maximum Gasteiger partial charge on any atom is 0.337 e. The topological polar surface area (TPSA) is 54.4 Å². The second-order valence-electron chi connectivity index (χ2n) is 4.14. The van der Waals surface area contributed by atoms with Crippen molar-refractivity contribution >= 4 is 28.4 Å². The van der Waals surface area contributed by atoms with Crippen LogP contribution in [0.5, 0.6) is 0 Å². The summed E-state index contributed by atoms with van der Waals surface area (Å²) in [4.78, 5) is 11.5. The smallest absolute Gasteiger partial charge is 0.337 e. The third-order valence-electron chi connectivity index (χ3n) is 2.97. The number of aromatic carboxylic acids is 1. The van der Waals surface area contributed by atoms with Crippen molar-refractivity contribution in [3.63, 3.8) is 0 Å². The van der Waals surface area contributed by atoms with Gasteiger partial charge in [0.2, 0.25) is 0 Å². The van der Waals surface area contributed by atoms with Crippen LogP contribution in [0, 0.1) is 5.92 Å². The van der Waals surface area contributed by atoms with Gasteiger partial charge in [-0.25, -0.2) is 4.79 Å². The molecule has 0 heterocycles. The van der Waals surface area contributed by atoms with E-state index < -0.39 is 16.8 Å². The van der Waals surface area contributed by atoms with Gasteiger partial charge in [0.25, 0.3) is 0 Å². The van der Waals surface area contributed by atoms with E-state index in [1.54, 1.807) is 6.07 Å². The van der Waals surface area contributed by atoms with Crippen LogP contribution in [0.25, 0.3) is 0 Å². The molecule has 0 spiro atoms. The van der Waals surface area contributed by atoms with Gasteiger partial charge in [-0.1, -0.05) is 38.3 Å². The van der Waals surface area contributed by atoms with E-state index in [1.165, 1.54) is 12.1 Å². The molecule has 5 heteroatoms. The number of carbonyl (C=O) groups is 1. The van der Waals surface area contributed by atoms with Crippen molar-refractivity contribution in [2.45, 2.75) is 31.6 Å². The lowest BCUT2D eigenvalue weighted by Crippen LogP contribution is -2.10. The summed E-state index contributed by atoms with van der Waals surface area (Å²) in [5.74, 6) is -0.135. The third kappa shape index (κ3) is 3.82. The predicted molar refractivity (Wildman–Crippen MR) is 73.8 cm³/mol. The van der Waals surface area contributed by atoms with Crippen molar-refractivity contribution in [2.24, 2.45) is 5.92 Å². The van der Waals surface area contributed by atoms with E-state index in [0.29, 0.717) is 16.6 Å². The van der Waals surface area contributed by atoms with Crippen molar-refractivity contribution in [3.05, 3.63) is 28.8 Å². The summed E-state index contributed by atoms with van der Waals surface area (Å²) in [6, 6.07) is 4.53. The van der Waals surface area contributed by atoms with Gasteiger partial charge in [0.15, 0.2) is 0 Å². The molecular weight excluding hydrogens is 272 g/mol. The van der Waals surface area contributed by atoms with Crippen molar-refractivity contribution in [2.75, 3.05) is 5.75 Å². The average Bonchev–Trinajstić information content (AvgIpc) is 2.35. The van der Waals surface area contributed by atoms with Crippen LogP contribution in [-0.4, -0.2) is 21.0 Å². The van der Waals surface area contributed by atoms with Crippen LogP contribution in [0.1, 0.15) is 37.0 Å². The van der Waals surface area contributed by atoms with Gasteiger partial charge in [-0.15, -0.1) is 0 Å². The van der Waals surface area contributed by atoms with Crippen LogP contribution in [0.15, 0.2) is 23.1 Å². The predicted octanol–water partition coefficient (Wildman–Crippen LogP) is 3.58. The Morgan fingerprint density at radius 3 is 2.50 bits per heavy atom. The highest BCUT2D eigenvalue weighted by Gasteiger charge is 2.15. The molecule has 0 amide bonds. The van der Waals surface area contributed by atoms with Gasteiger partial charge in [0.05, 0.1) is 21.4 Å². The number of rotatable bonds is 6. The molecular formula is C13H17ClO3S. The highest BCUT2D eigenvalue weighted by Crippen LogP contribution is 2.21. The highest BCUT2D eigenvalue weighted by atomic mass is 35.5. The molecule has 0 saturated carbocycles. The molecule has 0 bridgehead atoms. The normalized spacial score (nSPS) is 12.7. The minimum Gasteiger partial charge on any atom is -0.478 e. The molecule has 0 aliphatic carbocycles. The minimum absolute atomic E-state index is 0.00654. The minimum atomic E-state index is -1.17. The molecule has 18 heavy (non-hydrogen) atoms. The first-order valence-electron chi connectivity index (χ1n) is 5.90. The number of benzene rings is 1. The summed E-state index contributed by atoms with van der Waals surface area (Å²) in [5.41, 5.74) is 0.00654. The average molecular weight is 289 g/mol. The van der Waals surface area contributed by atoms with Gasteiger partial charge in [-0.2, -0.15) is 0 Å². The van der Waals surface area contributed by atoms with E-state index in [-0.39, 0.29) is 10.6 Å². The maximum atomic E-state index is 12.1. The molecule has 1 N–H and O–H groups in total. The standard InChI is InChI=1S/C13H17ClO3S/c1-3-9(4-2)8-18(17)10-5-6-12(14)11(7-10)13(15)16/h5-7,9H,3-4,8H2,1-2H3,(H,15,16). The molecule has 0 aliphatic heterocycles. The van der Waals surface area contributed by atoms with E-state index >= 15 is 0 Å². The molecule has 0 aliphatic rings. The summed E-state index contributed by atoms with van der Waals surface area (Å²) < 4.78 is 12.1. The van der Waals surface area contributed by atoms with Crippen molar-refractivity contribution in [3.8, 4) is 0 Å². The molecule has 1 rings (SSSR count). The first-order valence-corrected chi connectivity index (χ1v) is 7.60. The zero-order valence-corrected chi connectivity index (χ0v) is 12.1. The molecule has 1 aromatic rings. The molecule has 0 radical (unpaired) electrons. The maximum absolute atomic E-state index is 12.1. The first kappa shape index (κ1) is 15.2. The monoisotopic (exact) mass is 288 g/mol. The number of hydrogen-bond acceptors (Lipinski definition) is 2. The second-order valence-corrected chi connectivity index (χ2v) is 6.04.